The monoisotopic (exact) mass is 212 g/mol. The minimum Gasteiger partial charge on any atom is -0.381 e. The largest absolute Gasteiger partial charge is 0.381 e. The van der Waals surface area contributed by atoms with Gasteiger partial charge in [-0.3, -0.25) is 0 Å². The fourth-order valence-electron chi connectivity index (χ4n) is 2.71. The van der Waals surface area contributed by atoms with Gasteiger partial charge in [0.15, 0.2) is 0 Å². The van der Waals surface area contributed by atoms with Crippen molar-refractivity contribution >= 4 is 0 Å². The van der Waals surface area contributed by atoms with Crippen molar-refractivity contribution in [2.75, 3.05) is 26.3 Å². The van der Waals surface area contributed by atoms with E-state index in [1.807, 2.05) is 0 Å². The van der Waals surface area contributed by atoms with Gasteiger partial charge in [0.25, 0.3) is 0 Å². The Labute approximate surface area is 93.0 Å². The minimum atomic E-state index is 0.664. The summed E-state index contributed by atoms with van der Waals surface area (Å²) < 4.78 is 5.40. The second-order valence-corrected chi connectivity index (χ2v) is 4.93. The van der Waals surface area contributed by atoms with Crippen molar-refractivity contribution in [2.45, 2.75) is 44.7 Å². The molecule has 88 valence electrons. The summed E-state index contributed by atoms with van der Waals surface area (Å²) in [7, 11) is 0. The molecule has 3 heteroatoms. The smallest absolute Gasteiger partial charge is 0.0469 e. The summed E-state index contributed by atoms with van der Waals surface area (Å²) >= 11 is 0. The molecule has 2 N–H and O–H groups in total. The van der Waals surface area contributed by atoms with Crippen LogP contribution in [-0.4, -0.2) is 38.4 Å². The van der Waals surface area contributed by atoms with Crippen molar-refractivity contribution < 1.29 is 4.74 Å². The molecular weight excluding hydrogens is 188 g/mol. The molecule has 0 radical (unpaired) electrons. The van der Waals surface area contributed by atoms with E-state index in [0.29, 0.717) is 6.04 Å². The maximum absolute atomic E-state index is 5.40. The first kappa shape index (κ1) is 11.4. The van der Waals surface area contributed by atoms with E-state index in [2.05, 4.69) is 17.6 Å². The van der Waals surface area contributed by atoms with Crippen molar-refractivity contribution in [2.24, 2.45) is 5.92 Å². The van der Waals surface area contributed by atoms with Gasteiger partial charge < -0.3 is 15.4 Å². The molecule has 0 saturated carbocycles. The molecule has 3 nitrogen and oxygen atoms in total. The summed E-state index contributed by atoms with van der Waals surface area (Å²) in [6.07, 6.45) is 5.04. The lowest BCUT2D eigenvalue weighted by Crippen LogP contribution is -2.47. The Morgan fingerprint density at radius 3 is 2.47 bits per heavy atom. The Hall–Kier alpha value is -0.120. The molecule has 2 fully saturated rings. The molecule has 2 rings (SSSR count). The van der Waals surface area contributed by atoms with Crippen LogP contribution < -0.4 is 10.6 Å². The highest BCUT2D eigenvalue weighted by Gasteiger charge is 2.23. The molecule has 2 aliphatic heterocycles. The van der Waals surface area contributed by atoms with Crippen LogP contribution in [0.2, 0.25) is 0 Å². The first-order valence-electron chi connectivity index (χ1n) is 6.41. The van der Waals surface area contributed by atoms with Gasteiger partial charge in [0.2, 0.25) is 0 Å². The highest BCUT2D eigenvalue weighted by Crippen LogP contribution is 2.19. The zero-order valence-electron chi connectivity index (χ0n) is 9.80. The predicted molar refractivity (Wildman–Crippen MR) is 62.0 cm³/mol. The lowest BCUT2D eigenvalue weighted by atomic mass is 9.91. The molecule has 0 aliphatic carbocycles. The van der Waals surface area contributed by atoms with E-state index in [1.165, 1.54) is 38.8 Å². The summed E-state index contributed by atoms with van der Waals surface area (Å²) in [4.78, 5) is 0. The standard InChI is InChI=1S/C12H24N2O/c1-10(11-4-8-15-9-5-11)14-12-2-6-13-7-3-12/h10-14H,2-9H2,1H3. The molecule has 15 heavy (non-hydrogen) atoms. The first-order valence-corrected chi connectivity index (χ1v) is 6.41. The Kier molecular flexibility index (Phi) is 4.42. The van der Waals surface area contributed by atoms with Gasteiger partial charge in [-0.25, -0.2) is 0 Å². The minimum absolute atomic E-state index is 0.664. The molecule has 0 aromatic carbocycles. The molecule has 0 spiro atoms. The Balaban J connectivity index is 1.72. The van der Waals surface area contributed by atoms with Crippen LogP contribution in [0.3, 0.4) is 0 Å². The quantitative estimate of drug-likeness (QED) is 0.736. The Morgan fingerprint density at radius 2 is 1.80 bits per heavy atom. The van der Waals surface area contributed by atoms with Crippen molar-refractivity contribution in [3.63, 3.8) is 0 Å². The average molecular weight is 212 g/mol. The number of hydrogen-bond acceptors (Lipinski definition) is 3. The van der Waals surface area contributed by atoms with Crippen LogP contribution in [0.25, 0.3) is 0 Å². The third-order valence-electron chi connectivity index (χ3n) is 3.81. The van der Waals surface area contributed by atoms with E-state index < -0.39 is 0 Å². The summed E-state index contributed by atoms with van der Waals surface area (Å²) in [6, 6.07) is 1.40. The normalized spacial score (nSPS) is 27.8. The van der Waals surface area contributed by atoms with Crippen molar-refractivity contribution in [3.8, 4) is 0 Å². The van der Waals surface area contributed by atoms with Crippen molar-refractivity contribution in [3.05, 3.63) is 0 Å². The summed E-state index contributed by atoms with van der Waals surface area (Å²) in [5.41, 5.74) is 0. The van der Waals surface area contributed by atoms with Gasteiger partial charge in [0.1, 0.15) is 0 Å². The van der Waals surface area contributed by atoms with E-state index >= 15 is 0 Å². The molecule has 1 atom stereocenters. The van der Waals surface area contributed by atoms with Gasteiger partial charge in [-0.15, -0.1) is 0 Å². The second kappa shape index (κ2) is 5.83. The van der Waals surface area contributed by atoms with Gasteiger partial charge in [-0.05, 0) is 51.6 Å². The van der Waals surface area contributed by atoms with Crippen LogP contribution >= 0.6 is 0 Å². The van der Waals surface area contributed by atoms with Gasteiger partial charge in [-0.2, -0.15) is 0 Å². The van der Waals surface area contributed by atoms with Gasteiger partial charge in [0, 0.05) is 25.3 Å². The maximum atomic E-state index is 5.40. The number of piperidine rings is 1. The molecule has 0 aromatic rings. The van der Waals surface area contributed by atoms with Crippen LogP contribution in [0.4, 0.5) is 0 Å². The van der Waals surface area contributed by atoms with E-state index in [4.69, 9.17) is 4.74 Å². The fraction of sp³-hybridized carbons (Fsp3) is 1.00. The Morgan fingerprint density at radius 1 is 1.13 bits per heavy atom. The van der Waals surface area contributed by atoms with E-state index in [0.717, 1.165) is 25.2 Å². The maximum Gasteiger partial charge on any atom is 0.0469 e. The lowest BCUT2D eigenvalue weighted by molar-refractivity contribution is 0.0538. The molecule has 0 amide bonds. The highest BCUT2D eigenvalue weighted by molar-refractivity contribution is 4.81. The lowest BCUT2D eigenvalue weighted by Gasteiger charge is -2.33. The van der Waals surface area contributed by atoms with Crippen LogP contribution in [0.5, 0.6) is 0 Å². The molecule has 0 aromatic heterocycles. The number of rotatable bonds is 3. The molecule has 2 aliphatic rings. The number of nitrogens with one attached hydrogen (secondary N) is 2. The third kappa shape index (κ3) is 3.44. The number of hydrogen-bond donors (Lipinski definition) is 2. The Bertz CT molecular complexity index is 174. The van der Waals surface area contributed by atoms with Crippen molar-refractivity contribution in [1.82, 2.24) is 10.6 Å². The van der Waals surface area contributed by atoms with Crippen LogP contribution in [0.1, 0.15) is 32.6 Å². The zero-order valence-corrected chi connectivity index (χ0v) is 9.80. The van der Waals surface area contributed by atoms with Gasteiger partial charge in [-0.1, -0.05) is 0 Å². The van der Waals surface area contributed by atoms with Crippen LogP contribution in [0.15, 0.2) is 0 Å². The molecule has 2 saturated heterocycles. The third-order valence-corrected chi connectivity index (χ3v) is 3.81. The van der Waals surface area contributed by atoms with E-state index in [1.54, 1.807) is 0 Å². The number of ether oxygens (including phenoxy) is 1. The molecule has 1 unspecified atom stereocenters. The fourth-order valence-corrected chi connectivity index (χ4v) is 2.71. The average Bonchev–Trinajstić information content (AvgIpc) is 2.31. The second-order valence-electron chi connectivity index (χ2n) is 4.93. The molecular formula is C12H24N2O. The van der Waals surface area contributed by atoms with Crippen LogP contribution in [-0.2, 0) is 4.74 Å². The predicted octanol–water partition coefficient (Wildman–Crippen LogP) is 1.14. The molecule has 2 heterocycles. The summed E-state index contributed by atoms with van der Waals surface area (Å²) in [5.74, 6) is 0.827. The summed E-state index contributed by atoms with van der Waals surface area (Å²) in [5, 5.41) is 7.20. The SMILES string of the molecule is CC(NC1CCNCC1)C1CCOCC1. The van der Waals surface area contributed by atoms with E-state index in [9.17, 15) is 0 Å². The highest BCUT2D eigenvalue weighted by atomic mass is 16.5. The molecule has 0 bridgehead atoms. The zero-order chi connectivity index (χ0) is 10.5. The topological polar surface area (TPSA) is 33.3 Å². The van der Waals surface area contributed by atoms with Crippen molar-refractivity contribution in [1.29, 1.82) is 0 Å². The van der Waals surface area contributed by atoms with E-state index in [-0.39, 0.29) is 0 Å². The first-order chi connectivity index (χ1) is 7.36. The van der Waals surface area contributed by atoms with Gasteiger partial charge >= 0.3 is 0 Å². The van der Waals surface area contributed by atoms with Gasteiger partial charge in [0.05, 0.1) is 0 Å². The summed E-state index contributed by atoms with van der Waals surface area (Å²) in [6.45, 7) is 6.63. The van der Waals surface area contributed by atoms with Crippen LogP contribution in [0, 0.1) is 5.92 Å².